The van der Waals surface area contributed by atoms with Crippen molar-refractivity contribution < 1.29 is 31.9 Å². The van der Waals surface area contributed by atoms with Gasteiger partial charge in [0.05, 0.1) is 23.1 Å². The van der Waals surface area contributed by atoms with Crippen LogP contribution in [-0.4, -0.2) is 17.6 Å². The number of carbonyl (C=O) groups excluding carboxylic acids is 3. The predicted octanol–water partition coefficient (Wildman–Crippen LogP) is 2.95. The first-order valence-electron chi connectivity index (χ1n) is 7.97. The fraction of sp³-hybridized carbons (Fsp3) is 0.471. The number of imide groups is 1. The van der Waals surface area contributed by atoms with Crippen molar-refractivity contribution in [3.8, 4) is 0 Å². The lowest BCUT2D eigenvalue weighted by Gasteiger charge is -2.41. The molecule has 0 spiro atoms. The molecule has 0 N–H and O–H groups in total. The molecule has 1 heterocycles. The fourth-order valence-corrected chi connectivity index (χ4v) is 4.48. The van der Waals surface area contributed by atoms with Gasteiger partial charge in [0.1, 0.15) is 11.6 Å². The quantitative estimate of drug-likeness (QED) is 0.575. The molecule has 2 bridgehead atoms. The Morgan fingerprint density at radius 2 is 1.68 bits per heavy atom. The molecule has 0 radical (unpaired) electrons. The number of halogens is 4. The van der Waals surface area contributed by atoms with Gasteiger partial charge in [-0.3, -0.25) is 14.4 Å². The van der Waals surface area contributed by atoms with Crippen LogP contribution in [0.25, 0.3) is 0 Å². The van der Waals surface area contributed by atoms with Crippen molar-refractivity contribution in [1.29, 1.82) is 0 Å². The van der Waals surface area contributed by atoms with Gasteiger partial charge >= 0.3 is 6.18 Å². The van der Waals surface area contributed by atoms with Gasteiger partial charge in [0.15, 0.2) is 0 Å². The highest BCUT2D eigenvalue weighted by atomic mass is 19.4. The molecule has 1 aromatic rings. The second kappa shape index (κ2) is 5.12. The number of alkyl halides is 3. The minimum Gasteiger partial charge on any atom is -0.299 e. The number of hydrogen-bond donors (Lipinski definition) is 0. The number of anilines is 1. The first-order valence-corrected chi connectivity index (χ1v) is 7.97. The molecule has 4 aliphatic rings. The van der Waals surface area contributed by atoms with Gasteiger partial charge in [-0.15, -0.1) is 0 Å². The van der Waals surface area contributed by atoms with Crippen LogP contribution in [0.4, 0.5) is 23.2 Å². The molecule has 4 unspecified atom stereocenters. The smallest absolute Gasteiger partial charge is 0.299 e. The summed E-state index contributed by atoms with van der Waals surface area (Å²) in [6.45, 7) is 0. The summed E-state index contributed by atoms with van der Waals surface area (Å²) >= 11 is 0. The van der Waals surface area contributed by atoms with E-state index in [2.05, 4.69) is 0 Å². The standard InChI is InChI=1S/C17H13F4NO3/c18-10-4-2-8(17(19,20)21)6-11(10)22-15(24)13-7-1-3-9(12(23)5-7)14(13)16(22)25/h2,4,6-7,9,13-14H,1,3,5H2. The first-order chi connectivity index (χ1) is 11.7. The highest BCUT2D eigenvalue weighted by Gasteiger charge is 2.61. The molecular weight excluding hydrogens is 342 g/mol. The number of fused-ring (bicyclic) bond motifs is 2. The average Bonchev–Trinajstić information content (AvgIpc) is 2.81. The van der Waals surface area contributed by atoms with Crippen molar-refractivity contribution in [2.45, 2.75) is 25.4 Å². The summed E-state index contributed by atoms with van der Waals surface area (Å²) < 4.78 is 52.9. The van der Waals surface area contributed by atoms with Gasteiger partial charge < -0.3 is 0 Å². The number of hydrogen-bond acceptors (Lipinski definition) is 3. The van der Waals surface area contributed by atoms with Crippen molar-refractivity contribution in [2.75, 3.05) is 4.90 Å². The highest BCUT2D eigenvalue weighted by Crippen LogP contribution is 2.52. The second-order valence-electron chi connectivity index (χ2n) is 6.84. The third-order valence-corrected chi connectivity index (χ3v) is 5.58. The lowest BCUT2D eigenvalue weighted by Crippen LogP contribution is -2.46. The molecule has 0 aromatic heterocycles. The van der Waals surface area contributed by atoms with Gasteiger partial charge in [-0.25, -0.2) is 9.29 Å². The largest absolute Gasteiger partial charge is 0.416 e. The Kier molecular flexibility index (Phi) is 3.33. The molecule has 3 saturated carbocycles. The molecule has 25 heavy (non-hydrogen) atoms. The minimum absolute atomic E-state index is 0.0926. The van der Waals surface area contributed by atoms with Crippen LogP contribution < -0.4 is 4.90 Å². The summed E-state index contributed by atoms with van der Waals surface area (Å²) in [6.07, 6.45) is -3.42. The molecule has 4 atom stereocenters. The van der Waals surface area contributed by atoms with Crippen molar-refractivity contribution >= 4 is 23.3 Å². The predicted molar refractivity (Wildman–Crippen MR) is 76.7 cm³/mol. The zero-order chi connectivity index (χ0) is 18.1. The maximum atomic E-state index is 14.1. The summed E-state index contributed by atoms with van der Waals surface area (Å²) in [5, 5.41) is 0. The molecule has 1 aliphatic heterocycles. The molecule has 5 rings (SSSR count). The van der Waals surface area contributed by atoms with Gasteiger partial charge in [-0.2, -0.15) is 13.2 Å². The number of amides is 2. The van der Waals surface area contributed by atoms with E-state index in [-0.39, 0.29) is 18.1 Å². The van der Waals surface area contributed by atoms with E-state index in [1.807, 2.05) is 0 Å². The first kappa shape index (κ1) is 16.2. The van der Waals surface area contributed by atoms with Crippen LogP contribution in [0.15, 0.2) is 18.2 Å². The monoisotopic (exact) mass is 355 g/mol. The molecule has 1 saturated heterocycles. The van der Waals surface area contributed by atoms with Crippen LogP contribution in [0.2, 0.25) is 0 Å². The van der Waals surface area contributed by atoms with Crippen LogP contribution in [0.1, 0.15) is 24.8 Å². The Hall–Kier alpha value is -2.25. The molecule has 132 valence electrons. The third kappa shape index (κ3) is 2.22. The number of ketones is 1. The van der Waals surface area contributed by atoms with E-state index in [4.69, 9.17) is 0 Å². The minimum atomic E-state index is -4.73. The van der Waals surface area contributed by atoms with Crippen molar-refractivity contribution in [3.63, 3.8) is 0 Å². The summed E-state index contributed by atoms with van der Waals surface area (Å²) in [7, 11) is 0. The molecule has 4 fully saturated rings. The van der Waals surface area contributed by atoms with Crippen LogP contribution in [0.5, 0.6) is 0 Å². The maximum absolute atomic E-state index is 14.1. The Labute approximate surface area is 139 Å². The van der Waals surface area contributed by atoms with Gasteiger partial charge in [0.25, 0.3) is 0 Å². The zero-order valence-corrected chi connectivity index (χ0v) is 12.8. The van der Waals surface area contributed by atoms with Crippen molar-refractivity contribution in [1.82, 2.24) is 0 Å². The molecule has 8 heteroatoms. The molecule has 3 aliphatic carbocycles. The van der Waals surface area contributed by atoms with E-state index in [9.17, 15) is 31.9 Å². The SMILES string of the molecule is O=C1CC2CCC1C1C(=O)N(c3cc(C(F)(F)F)ccc3F)C(=O)C21. The summed E-state index contributed by atoms with van der Waals surface area (Å²) in [6, 6.07) is 1.64. The maximum Gasteiger partial charge on any atom is 0.416 e. The molecule has 4 nitrogen and oxygen atoms in total. The molecule has 2 amide bonds. The Balaban J connectivity index is 1.79. The van der Waals surface area contributed by atoms with E-state index in [1.54, 1.807) is 0 Å². The summed E-state index contributed by atoms with van der Waals surface area (Å²) in [5.41, 5.74) is -1.83. The van der Waals surface area contributed by atoms with Crippen molar-refractivity contribution in [2.24, 2.45) is 23.7 Å². The number of nitrogens with zero attached hydrogens (tertiary/aromatic N) is 1. The van der Waals surface area contributed by atoms with E-state index < -0.39 is 52.8 Å². The van der Waals surface area contributed by atoms with E-state index in [1.165, 1.54) is 0 Å². The van der Waals surface area contributed by atoms with Crippen molar-refractivity contribution in [3.05, 3.63) is 29.6 Å². The fourth-order valence-electron chi connectivity index (χ4n) is 4.48. The second-order valence-corrected chi connectivity index (χ2v) is 6.84. The normalized spacial score (nSPS) is 31.7. The third-order valence-electron chi connectivity index (χ3n) is 5.58. The Morgan fingerprint density at radius 3 is 2.32 bits per heavy atom. The number of rotatable bonds is 1. The lowest BCUT2D eigenvalue weighted by atomic mass is 9.59. The number of carbonyl (C=O) groups is 3. The van der Waals surface area contributed by atoms with E-state index in [0.717, 1.165) is 0 Å². The van der Waals surface area contributed by atoms with E-state index >= 15 is 0 Å². The highest BCUT2D eigenvalue weighted by molar-refractivity contribution is 6.23. The van der Waals surface area contributed by atoms with Crippen LogP contribution in [-0.2, 0) is 20.6 Å². The Bertz CT molecular complexity index is 804. The number of Topliss-reactive ketones (excluding diaryl/α,β-unsaturated/α-hetero) is 1. The van der Waals surface area contributed by atoms with Gasteiger partial charge in [0, 0.05) is 12.3 Å². The van der Waals surface area contributed by atoms with Crippen LogP contribution >= 0.6 is 0 Å². The topological polar surface area (TPSA) is 54.5 Å². The van der Waals surface area contributed by atoms with Gasteiger partial charge in [-0.1, -0.05) is 0 Å². The Morgan fingerprint density at radius 1 is 1.00 bits per heavy atom. The number of benzene rings is 1. The van der Waals surface area contributed by atoms with Gasteiger partial charge in [0.2, 0.25) is 11.8 Å². The molecule has 1 aromatic carbocycles. The zero-order valence-electron chi connectivity index (χ0n) is 12.8. The van der Waals surface area contributed by atoms with Gasteiger partial charge in [-0.05, 0) is 37.0 Å². The van der Waals surface area contributed by atoms with Crippen LogP contribution in [0, 0.1) is 29.5 Å². The average molecular weight is 355 g/mol. The summed E-state index contributed by atoms with van der Waals surface area (Å²) in [5.74, 6) is -5.13. The molecular formula is C17H13F4NO3. The summed E-state index contributed by atoms with van der Waals surface area (Å²) in [4.78, 5) is 38.0. The van der Waals surface area contributed by atoms with Crippen LogP contribution in [0.3, 0.4) is 0 Å². The van der Waals surface area contributed by atoms with E-state index in [0.29, 0.717) is 35.9 Å². The lowest BCUT2D eigenvalue weighted by molar-refractivity contribution is -0.143.